The first-order valence-corrected chi connectivity index (χ1v) is 4.75. The van der Waals surface area contributed by atoms with Crippen LogP contribution in [0.4, 0.5) is 13.2 Å². The average Bonchev–Trinajstić information content (AvgIpc) is 2.69. The Morgan fingerprint density at radius 2 is 2.07 bits per heavy atom. The molecule has 0 aliphatic rings. The van der Waals surface area contributed by atoms with Crippen molar-refractivity contribution in [2.75, 3.05) is 0 Å². The summed E-state index contributed by atoms with van der Waals surface area (Å²) in [6.45, 7) is 0. The molecule has 78 valence electrons. The summed E-state index contributed by atoms with van der Waals surface area (Å²) in [4.78, 5) is 3.80. The molecule has 2 aromatic heterocycles. The molecular formula is C8H4F3N3S. The topological polar surface area (TPSA) is 38.7 Å². The summed E-state index contributed by atoms with van der Waals surface area (Å²) in [5.41, 5.74) is 0.895. The maximum atomic E-state index is 12.3. The normalized spacial score (nSPS) is 11.7. The zero-order chi connectivity index (χ0) is 10.9. The van der Waals surface area contributed by atoms with Crippen molar-refractivity contribution in [1.29, 1.82) is 0 Å². The van der Waals surface area contributed by atoms with Gasteiger partial charge in [-0.15, -0.1) is 10.2 Å². The number of nitrogens with zero attached hydrogens (tertiary/aromatic N) is 3. The zero-order valence-electron chi connectivity index (χ0n) is 7.19. The van der Waals surface area contributed by atoms with Crippen molar-refractivity contribution in [2.24, 2.45) is 0 Å². The van der Waals surface area contributed by atoms with Gasteiger partial charge in [-0.2, -0.15) is 13.2 Å². The molecule has 15 heavy (non-hydrogen) atoms. The van der Waals surface area contributed by atoms with Crippen LogP contribution < -0.4 is 0 Å². The summed E-state index contributed by atoms with van der Waals surface area (Å²) in [5.74, 6) is 0. The van der Waals surface area contributed by atoms with Crippen LogP contribution in [-0.2, 0) is 6.18 Å². The Balaban J connectivity index is 2.44. The zero-order valence-corrected chi connectivity index (χ0v) is 8.01. The van der Waals surface area contributed by atoms with Crippen LogP contribution in [-0.4, -0.2) is 15.2 Å². The number of rotatable bonds is 1. The fourth-order valence-electron chi connectivity index (χ4n) is 1.01. The van der Waals surface area contributed by atoms with E-state index < -0.39 is 11.7 Å². The monoisotopic (exact) mass is 231 g/mol. The second-order valence-electron chi connectivity index (χ2n) is 2.67. The van der Waals surface area contributed by atoms with Crippen LogP contribution in [0.5, 0.6) is 0 Å². The average molecular weight is 231 g/mol. The number of pyridine rings is 1. The molecule has 0 spiro atoms. The van der Waals surface area contributed by atoms with Gasteiger partial charge in [0.05, 0.1) is 5.56 Å². The lowest BCUT2D eigenvalue weighted by molar-refractivity contribution is -0.137. The Morgan fingerprint density at radius 1 is 1.27 bits per heavy atom. The van der Waals surface area contributed by atoms with E-state index in [9.17, 15) is 13.2 Å². The Kier molecular flexibility index (Phi) is 2.39. The van der Waals surface area contributed by atoms with Crippen LogP contribution in [0, 0.1) is 0 Å². The minimum absolute atomic E-state index is 0.187. The highest BCUT2D eigenvalue weighted by Crippen LogP contribution is 2.31. The van der Waals surface area contributed by atoms with Gasteiger partial charge in [0.2, 0.25) is 0 Å². The van der Waals surface area contributed by atoms with Crippen LogP contribution in [0.2, 0.25) is 0 Å². The van der Waals surface area contributed by atoms with Crippen molar-refractivity contribution < 1.29 is 13.2 Å². The SMILES string of the molecule is FC(F)(F)c1ccnc(-c2nncs2)c1. The minimum Gasteiger partial charge on any atom is -0.254 e. The quantitative estimate of drug-likeness (QED) is 0.757. The van der Waals surface area contributed by atoms with E-state index in [0.717, 1.165) is 29.7 Å². The molecule has 0 fully saturated rings. The Morgan fingerprint density at radius 3 is 2.67 bits per heavy atom. The van der Waals surface area contributed by atoms with Crippen molar-refractivity contribution in [3.05, 3.63) is 29.4 Å². The molecule has 2 aromatic rings. The lowest BCUT2D eigenvalue weighted by atomic mass is 10.2. The van der Waals surface area contributed by atoms with Gasteiger partial charge in [0.1, 0.15) is 11.2 Å². The Hall–Kier alpha value is -1.50. The van der Waals surface area contributed by atoms with E-state index >= 15 is 0 Å². The predicted octanol–water partition coefficient (Wildman–Crippen LogP) is 2.62. The van der Waals surface area contributed by atoms with E-state index in [-0.39, 0.29) is 5.69 Å². The third kappa shape index (κ3) is 2.12. The summed E-state index contributed by atoms with van der Waals surface area (Å²) in [5, 5.41) is 7.56. The van der Waals surface area contributed by atoms with Gasteiger partial charge in [-0.25, -0.2) is 0 Å². The van der Waals surface area contributed by atoms with Crippen molar-refractivity contribution in [3.8, 4) is 10.7 Å². The maximum Gasteiger partial charge on any atom is 0.416 e. The largest absolute Gasteiger partial charge is 0.416 e. The highest BCUT2D eigenvalue weighted by Gasteiger charge is 2.30. The minimum atomic E-state index is -4.36. The number of hydrogen-bond acceptors (Lipinski definition) is 4. The van der Waals surface area contributed by atoms with Gasteiger partial charge in [-0.1, -0.05) is 11.3 Å². The number of alkyl halides is 3. The predicted molar refractivity (Wildman–Crippen MR) is 48.1 cm³/mol. The molecular weight excluding hydrogens is 227 g/mol. The van der Waals surface area contributed by atoms with E-state index in [1.54, 1.807) is 0 Å². The molecule has 0 amide bonds. The molecule has 0 radical (unpaired) electrons. The first kappa shape index (κ1) is 10.0. The molecule has 3 nitrogen and oxygen atoms in total. The molecule has 2 rings (SSSR count). The van der Waals surface area contributed by atoms with E-state index in [1.807, 2.05) is 0 Å². The van der Waals surface area contributed by atoms with Crippen LogP contribution in [0.25, 0.3) is 10.7 Å². The smallest absolute Gasteiger partial charge is 0.254 e. The summed E-state index contributed by atoms with van der Waals surface area (Å²) in [6.07, 6.45) is -3.25. The van der Waals surface area contributed by atoms with E-state index in [0.29, 0.717) is 5.01 Å². The lowest BCUT2D eigenvalue weighted by Gasteiger charge is -2.06. The molecule has 0 unspecified atom stereocenters. The van der Waals surface area contributed by atoms with Gasteiger partial charge in [0.15, 0.2) is 5.01 Å². The lowest BCUT2D eigenvalue weighted by Crippen LogP contribution is -2.05. The standard InChI is InChI=1S/C8H4F3N3S/c9-8(10,11)5-1-2-12-6(3-5)7-14-13-4-15-7/h1-4H. The third-order valence-electron chi connectivity index (χ3n) is 1.67. The van der Waals surface area contributed by atoms with Crippen LogP contribution in [0.1, 0.15) is 5.56 Å². The molecule has 0 saturated heterocycles. The maximum absolute atomic E-state index is 12.3. The number of aromatic nitrogens is 3. The molecule has 7 heteroatoms. The van der Waals surface area contributed by atoms with Crippen LogP contribution in [0.15, 0.2) is 23.8 Å². The fourth-order valence-corrected chi connectivity index (χ4v) is 1.53. The number of halogens is 3. The molecule has 0 bridgehead atoms. The van der Waals surface area contributed by atoms with Crippen molar-refractivity contribution in [1.82, 2.24) is 15.2 Å². The number of hydrogen-bond donors (Lipinski definition) is 0. The highest BCUT2D eigenvalue weighted by molar-refractivity contribution is 7.12. The molecule has 2 heterocycles. The summed E-state index contributed by atoms with van der Waals surface area (Å²) in [6, 6.07) is 1.88. The van der Waals surface area contributed by atoms with Gasteiger partial charge < -0.3 is 0 Å². The Labute approximate surface area is 86.6 Å². The van der Waals surface area contributed by atoms with Crippen molar-refractivity contribution >= 4 is 11.3 Å². The highest BCUT2D eigenvalue weighted by atomic mass is 32.1. The van der Waals surface area contributed by atoms with Gasteiger partial charge >= 0.3 is 6.18 Å². The summed E-state index contributed by atoms with van der Waals surface area (Å²) < 4.78 is 37.0. The molecule has 0 N–H and O–H groups in total. The van der Waals surface area contributed by atoms with E-state index in [1.165, 1.54) is 5.51 Å². The van der Waals surface area contributed by atoms with Gasteiger partial charge in [-0.05, 0) is 12.1 Å². The third-order valence-corrected chi connectivity index (χ3v) is 2.38. The van der Waals surface area contributed by atoms with Crippen LogP contribution in [0.3, 0.4) is 0 Å². The molecule has 0 aromatic carbocycles. The molecule has 0 atom stereocenters. The Bertz CT molecular complexity index is 452. The second kappa shape index (κ2) is 3.58. The van der Waals surface area contributed by atoms with Gasteiger partial charge in [-0.3, -0.25) is 4.98 Å². The van der Waals surface area contributed by atoms with Gasteiger partial charge in [0, 0.05) is 6.20 Å². The summed E-state index contributed by atoms with van der Waals surface area (Å²) in [7, 11) is 0. The summed E-state index contributed by atoms with van der Waals surface area (Å²) >= 11 is 1.14. The molecule has 0 aliphatic carbocycles. The van der Waals surface area contributed by atoms with Gasteiger partial charge in [0.25, 0.3) is 0 Å². The molecule has 0 saturated carbocycles. The van der Waals surface area contributed by atoms with Crippen molar-refractivity contribution in [2.45, 2.75) is 6.18 Å². The van der Waals surface area contributed by atoms with Crippen molar-refractivity contribution in [3.63, 3.8) is 0 Å². The second-order valence-corrected chi connectivity index (χ2v) is 3.50. The van der Waals surface area contributed by atoms with Crippen LogP contribution >= 0.6 is 11.3 Å². The first-order chi connectivity index (χ1) is 7.07. The fraction of sp³-hybridized carbons (Fsp3) is 0.125. The van der Waals surface area contributed by atoms with E-state index in [4.69, 9.17) is 0 Å². The first-order valence-electron chi connectivity index (χ1n) is 3.87. The van der Waals surface area contributed by atoms with E-state index in [2.05, 4.69) is 15.2 Å². The molecule has 0 aliphatic heterocycles.